The minimum absolute atomic E-state index is 0.0740. The third-order valence-corrected chi connectivity index (χ3v) is 2.11. The Balaban J connectivity index is 3.78. The summed E-state index contributed by atoms with van der Waals surface area (Å²) in [5.74, 6) is 0.286. The molecule has 12 heavy (non-hydrogen) atoms. The van der Waals surface area contributed by atoms with E-state index in [0.29, 0.717) is 6.42 Å². The Kier molecular flexibility index (Phi) is 5.99. The third kappa shape index (κ3) is 5.30. The van der Waals surface area contributed by atoms with E-state index < -0.39 is 0 Å². The van der Waals surface area contributed by atoms with Crippen molar-refractivity contribution < 1.29 is 9.90 Å². The van der Waals surface area contributed by atoms with Gasteiger partial charge in [0.1, 0.15) is 5.78 Å². The van der Waals surface area contributed by atoms with Gasteiger partial charge in [-0.25, -0.2) is 0 Å². The summed E-state index contributed by atoms with van der Waals surface area (Å²) in [6.45, 7) is 5.46. The molecular weight excluding hydrogens is 152 g/mol. The number of aliphatic hydroxyl groups is 1. The van der Waals surface area contributed by atoms with Crippen molar-refractivity contribution in [3.63, 3.8) is 0 Å². The monoisotopic (exact) mass is 172 g/mol. The lowest BCUT2D eigenvalue weighted by Gasteiger charge is -2.14. The minimum atomic E-state index is -0.351. The van der Waals surface area contributed by atoms with Gasteiger partial charge in [-0.2, -0.15) is 0 Å². The fourth-order valence-corrected chi connectivity index (χ4v) is 1.35. The van der Waals surface area contributed by atoms with Crippen LogP contribution in [0.15, 0.2) is 0 Å². The average Bonchev–Trinajstić information content (AvgIpc) is 1.96. The van der Waals surface area contributed by atoms with Gasteiger partial charge in [0.05, 0.1) is 6.10 Å². The molecule has 0 rings (SSSR count). The van der Waals surface area contributed by atoms with E-state index in [1.165, 1.54) is 0 Å². The molecule has 2 unspecified atom stereocenters. The van der Waals surface area contributed by atoms with Crippen LogP contribution in [0.5, 0.6) is 0 Å². The zero-order valence-corrected chi connectivity index (χ0v) is 8.34. The van der Waals surface area contributed by atoms with Gasteiger partial charge in [-0.15, -0.1) is 0 Å². The fourth-order valence-electron chi connectivity index (χ4n) is 1.35. The molecule has 0 fully saturated rings. The molecule has 72 valence electrons. The van der Waals surface area contributed by atoms with Gasteiger partial charge in [-0.1, -0.05) is 19.8 Å². The predicted molar refractivity (Wildman–Crippen MR) is 50.0 cm³/mol. The lowest BCUT2D eigenvalue weighted by molar-refractivity contribution is -0.121. The van der Waals surface area contributed by atoms with Crippen molar-refractivity contribution in [2.45, 2.75) is 52.6 Å². The molecule has 2 nitrogen and oxygen atoms in total. The molecule has 0 amide bonds. The topological polar surface area (TPSA) is 37.3 Å². The standard InChI is InChI=1S/C10H20O2/c1-4-5-6-10(9(3)12)7-8(2)11/h8,10-11H,4-7H2,1-3H3. The minimum Gasteiger partial charge on any atom is -0.393 e. The average molecular weight is 172 g/mol. The highest BCUT2D eigenvalue weighted by Crippen LogP contribution is 2.15. The molecule has 0 aliphatic carbocycles. The van der Waals surface area contributed by atoms with E-state index >= 15 is 0 Å². The lowest BCUT2D eigenvalue weighted by atomic mass is 9.93. The molecular formula is C10H20O2. The van der Waals surface area contributed by atoms with Crippen LogP contribution in [-0.4, -0.2) is 17.0 Å². The molecule has 0 saturated heterocycles. The normalized spacial score (nSPS) is 15.7. The van der Waals surface area contributed by atoms with Gasteiger partial charge in [-0.05, 0) is 26.7 Å². The first kappa shape index (κ1) is 11.6. The third-order valence-electron chi connectivity index (χ3n) is 2.11. The van der Waals surface area contributed by atoms with Crippen LogP contribution in [0, 0.1) is 5.92 Å². The number of carbonyl (C=O) groups excluding carboxylic acids is 1. The Bertz CT molecular complexity index is 130. The first-order valence-corrected chi connectivity index (χ1v) is 4.76. The van der Waals surface area contributed by atoms with Crippen LogP contribution in [0.25, 0.3) is 0 Å². The van der Waals surface area contributed by atoms with E-state index in [1.807, 2.05) is 0 Å². The molecule has 0 saturated carbocycles. The van der Waals surface area contributed by atoms with Crippen LogP contribution in [0.1, 0.15) is 46.5 Å². The van der Waals surface area contributed by atoms with Gasteiger partial charge < -0.3 is 5.11 Å². The van der Waals surface area contributed by atoms with Crippen LogP contribution in [0.4, 0.5) is 0 Å². The molecule has 0 aromatic heterocycles. The molecule has 0 spiro atoms. The number of Topliss-reactive ketones (excluding diaryl/α,β-unsaturated/α-hetero) is 1. The number of unbranched alkanes of at least 4 members (excludes halogenated alkanes) is 1. The number of aliphatic hydroxyl groups excluding tert-OH is 1. The maximum Gasteiger partial charge on any atom is 0.133 e. The smallest absolute Gasteiger partial charge is 0.133 e. The van der Waals surface area contributed by atoms with Crippen molar-refractivity contribution in [3.8, 4) is 0 Å². The van der Waals surface area contributed by atoms with Crippen LogP contribution in [-0.2, 0) is 4.79 Å². The molecule has 2 atom stereocenters. The van der Waals surface area contributed by atoms with Crippen LogP contribution >= 0.6 is 0 Å². The van der Waals surface area contributed by atoms with Crippen LogP contribution in [0.3, 0.4) is 0 Å². The Morgan fingerprint density at radius 1 is 1.50 bits per heavy atom. The predicted octanol–water partition coefficient (Wildman–Crippen LogP) is 2.15. The molecule has 0 aliphatic heterocycles. The van der Waals surface area contributed by atoms with Gasteiger partial charge in [0.25, 0.3) is 0 Å². The molecule has 1 N–H and O–H groups in total. The first-order valence-electron chi connectivity index (χ1n) is 4.76. The van der Waals surface area contributed by atoms with Crippen LogP contribution in [0.2, 0.25) is 0 Å². The summed E-state index contributed by atoms with van der Waals surface area (Å²) < 4.78 is 0. The second-order valence-electron chi connectivity index (χ2n) is 3.53. The van der Waals surface area contributed by atoms with Gasteiger partial charge in [0, 0.05) is 5.92 Å². The maximum absolute atomic E-state index is 11.1. The zero-order chi connectivity index (χ0) is 9.56. The number of hydrogen-bond donors (Lipinski definition) is 1. The van der Waals surface area contributed by atoms with Gasteiger partial charge in [-0.3, -0.25) is 4.79 Å². The van der Waals surface area contributed by atoms with Gasteiger partial charge in [0.15, 0.2) is 0 Å². The Morgan fingerprint density at radius 2 is 2.08 bits per heavy atom. The van der Waals surface area contributed by atoms with Crippen LogP contribution < -0.4 is 0 Å². The van der Waals surface area contributed by atoms with Crippen molar-refractivity contribution in [3.05, 3.63) is 0 Å². The number of hydrogen-bond acceptors (Lipinski definition) is 2. The fraction of sp³-hybridized carbons (Fsp3) is 0.900. The summed E-state index contributed by atoms with van der Waals surface area (Å²) in [5, 5.41) is 9.12. The quantitative estimate of drug-likeness (QED) is 0.666. The van der Waals surface area contributed by atoms with Gasteiger partial charge >= 0.3 is 0 Å². The van der Waals surface area contributed by atoms with Crippen molar-refractivity contribution in [1.29, 1.82) is 0 Å². The van der Waals surface area contributed by atoms with E-state index in [0.717, 1.165) is 19.3 Å². The maximum atomic E-state index is 11.1. The summed E-state index contributed by atoms with van der Waals surface area (Å²) in [4.78, 5) is 11.1. The van der Waals surface area contributed by atoms with E-state index in [2.05, 4.69) is 6.92 Å². The molecule has 0 heterocycles. The Labute approximate surface area is 75.0 Å². The molecule has 0 aliphatic rings. The molecule has 0 radical (unpaired) electrons. The SMILES string of the molecule is CCCCC(CC(C)O)C(C)=O. The first-order chi connectivity index (χ1) is 5.57. The molecule has 0 aromatic carbocycles. The van der Waals surface area contributed by atoms with Gasteiger partial charge in [0.2, 0.25) is 0 Å². The molecule has 0 aromatic rings. The molecule has 2 heteroatoms. The Morgan fingerprint density at radius 3 is 2.42 bits per heavy atom. The summed E-state index contributed by atoms with van der Waals surface area (Å²) >= 11 is 0. The van der Waals surface area contributed by atoms with Crippen molar-refractivity contribution in [1.82, 2.24) is 0 Å². The van der Waals surface area contributed by atoms with Crippen molar-refractivity contribution in [2.75, 3.05) is 0 Å². The second kappa shape index (κ2) is 6.18. The zero-order valence-electron chi connectivity index (χ0n) is 8.34. The van der Waals surface area contributed by atoms with E-state index in [4.69, 9.17) is 5.11 Å². The number of ketones is 1. The second-order valence-corrected chi connectivity index (χ2v) is 3.53. The number of rotatable bonds is 6. The number of carbonyl (C=O) groups is 1. The van der Waals surface area contributed by atoms with Crippen molar-refractivity contribution in [2.24, 2.45) is 5.92 Å². The Hall–Kier alpha value is -0.370. The highest BCUT2D eigenvalue weighted by atomic mass is 16.3. The summed E-state index contributed by atoms with van der Waals surface area (Å²) in [6, 6.07) is 0. The van der Waals surface area contributed by atoms with E-state index in [-0.39, 0.29) is 17.8 Å². The van der Waals surface area contributed by atoms with E-state index in [9.17, 15) is 4.79 Å². The largest absolute Gasteiger partial charge is 0.393 e. The lowest BCUT2D eigenvalue weighted by Crippen LogP contribution is -2.17. The molecule has 0 bridgehead atoms. The highest BCUT2D eigenvalue weighted by Gasteiger charge is 2.15. The summed E-state index contributed by atoms with van der Waals surface area (Å²) in [6.07, 6.45) is 3.39. The summed E-state index contributed by atoms with van der Waals surface area (Å²) in [5.41, 5.74) is 0. The van der Waals surface area contributed by atoms with E-state index in [1.54, 1.807) is 13.8 Å². The highest BCUT2D eigenvalue weighted by molar-refractivity contribution is 5.78. The summed E-state index contributed by atoms with van der Waals surface area (Å²) in [7, 11) is 0. The van der Waals surface area contributed by atoms with Crippen molar-refractivity contribution >= 4 is 5.78 Å².